The first-order valence-corrected chi connectivity index (χ1v) is 7.47. The van der Waals surface area contributed by atoms with Gasteiger partial charge >= 0.3 is 5.97 Å². The van der Waals surface area contributed by atoms with Gasteiger partial charge in [0.2, 0.25) is 0 Å². The fourth-order valence-corrected chi connectivity index (χ4v) is 2.06. The van der Waals surface area contributed by atoms with Gasteiger partial charge in [-0.1, -0.05) is 48.7 Å². The lowest BCUT2D eigenvalue weighted by atomic mass is 10.1. The number of carbonyl (C=O) groups excluding carboxylic acids is 2. The Balaban J connectivity index is 2.67. The number of ether oxygens (including phenoxy) is 1. The molecule has 21 heavy (non-hydrogen) atoms. The van der Waals surface area contributed by atoms with E-state index in [4.69, 9.17) is 39.5 Å². The number of hydrogen-bond acceptors (Lipinski definition) is 3. The number of halogens is 3. The molecule has 0 radical (unpaired) electrons. The summed E-state index contributed by atoms with van der Waals surface area (Å²) in [5.74, 6) is -0.903. The van der Waals surface area contributed by atoms with Crippen LogP contribution in [-0.4, -0.2) is 24.5 Å². The van der Waals surface area contributed by atoms with Crippen LogP contribution in [0.1, 0.15) is 31.1 Å². The lowest BCUT2D eigenvalue weighted by Crippen LogP contribution is -2.38. The maximum absolute atomic E-state index is 11.9. The summed E-state index contributed by atoms with van der Waals surface area (Å²) in [6.45, 7) is 5.41. The van der Waals surface area contributed by atoms with Gasteiger partial charge in [-0.25, -0.2) is 4.79 Å². The Morgan fingerprint density at radius 2 is 1.71 bits per heavy atom. The van der Waals surface area contributed by atoms with E-state index in [-0.39, 0.29) is 38.5 Å². The molecule has 0 saturated carbocycles. The first kappa shape index (κ1) is 18.1. The number of esters is 1. The van der Waals surface area contributed by atoms with Crippen molar-refractivity contribution < 1.29 is 14.3 Å². The van der Waals surface area contributed by atoms with Crippen LogP contribution in [0, 0.1) is 5.92 Å². The first-order chi connectivity index (χ1) is 9.73. The van der Waals surface area contributed by atoms with Crippen LogP contribution in [0.15, 0.2) is 12.1 Å². The molecule has 116 valence electrons. The van der Waals surface area contributed by atoms with E-state index in [0.717, 1.165) is 0 Å². The van der Waals surface area contributed by atoms with Gasteiger partial charge in [0.05, 0.1) is 20.6 Å². The van der Waals surface area contributed by atoms with E-state index in [0.29, 0.717) is 0 Å². The van der Waals surface area contributed by atoms with Gasteiger partial charge in [-0.15, -0.1) is 0 Å². The van der Waals surface area contributed by atoms with Crippen LogP contribution in [0.3, 0.4) is 0 Å². The van der Waals surface area contributed by atoms with Gasteiger partial charge < -0.3 is 10.1 Å². The molecule has 1 aromatic rings. The van der Waals surface area contributed by atoms with Crippen molar-refractivity contribution in [3.8, 4) is 0 Å². The van der Waals surface area contributed by atoms with Crippen LogP contribution in [0.2, 0.25) is 15.1 Å². The second kappa shape index (κ2) is 7.87. The first-order valence-electron chi connectivity index (χ1n) is 6.34. The Hall–Kier alpha value is -0.970. The van der Waals surface area contributed by atoms with Crippen LogP contribution in [0.4, 0.5) is 0 Å². The molecule has 1 N–H and O–H groups in total. The van der Waals surface area contributed by atoms with Crippen LogP contribution in [0.5, 0.6) is 0 Å². The summed E-state index contributed by atoms with van der Waals surface area (Å²) in [6.07, 6.45) is 0. The molecule has 1 atom stereocenters. The second-order valence-electron chi connectivity index (χ2n) is 4.89. The summed E-state index contributed by atoms with van der Waals surface area (Å²) in [4.78, 5) is 23.6. The van der Waals surface area contributed by atoms with Crippen molar-refractivity contribution in [2.45, 2.75) is 26.8 Å². The highest BCUT2D eigenvalue weighted by molar-refractivity contribution is 6.46. The Morgan fingerprint density at radius 1 is 1.14 bits per heavy atom. The summed E-state index contributed by atoms with van der Waals surface area (Å²) in [6, 6.07) is 2.89. The SMILES string of the molecule is CC(C)[C@@H](C)NC(=O)COC(=O)c1c(Cl)ccc(Cl)c1Cl. The molecule has 1 rings (SSSR count). The highest BCUT2D eigenvalue weighted by Gasteiger charge is 2.20. The van der Waals surface area contributed by atoms with Crippen LogP contribution >= 0.6 is 34.8 Å². The maximum atomic E-state index is 11.9. The van der Waals surface area contributed by atoms with E-state index in [1.165, 1.54) is 12.1 Å². The monoisotopic (exact) mass is 351 g/mol. The van der Waals surface area contributed by atoms with Gasteiger partial charge in [-0.05, 0) is 25.0 Å². The van der Waals surface area contributed by atoms with E-state index in [2.05, 4.69) is 5.32 Å². The predicted molar refractivity (Wildman–Crippen MR) is 84.2 cm³/mol. The third kappa shape index (κ3) is 5.06. The average Bonchev–Trinajstić information content (AvgIpc) is 2.41. The largest absolute Gasteiger partial charge is 0.452 e. The summed E-state index contributed by atoms with van der Waals surface area (Å²) in [5.41, 5.74) is -0.0458. The molecular weight excluding hydrogens is 337 g/mol. The molecule has 7 heteroatoms. The summed E-state index contributed by atoms with van der Waals surface area (Å²) < 4.78 is 4.91. The number of hydrogen-bond donors (Lipinski definition) is 1. The molecule has 4 nitrogen and oxygen atoms in total. The van der Waals surface area contributed by atoms with Crippen molar-refractivity contribution in [3.63, 3.8) is 0 Å². The zero-order valence-electron chi connectivity index (χ0n) is 11.9. The molecule has 0 unspecified atom stereocenters. The quantitative estimate of drug-likeness (QED) is 0.644. The molecule has 0 spiro atoms. The third-order valence-electron chi connectivity index (χ3n) is 2.97. The molecule has 1 amide bonds. The van der Waals surface area contributed by atoms with Gasteiger partial charge in [0.15, 0.2) is 6.61 Å². The van der Waals surface area contributed by atoms with Gasteiger partial charge in [-0.2, -0.15) is 0 Å². The van der Waals surface area contributed by atoms with Crippen molar-refractivity contribution in [1.82, 2.24) is 5.32 Å². The Morgan fingerprint density at radius 3 is 2.29 bits per heavy atom. The van der Waals surface area contributed by atoms with Crippen LogP contribution in [0.25, 0.3) is 0 Å². The molecular formula is C14H16Cl3NO3. The molecule has 0 fully saturated rings. The Kier molecular flexibility index (Phi) is 6.78. The van der Waals surface area contributed by atoms with E-state index >= 15 is 0 Å². The lowest BCUT2D eigenvalue weighted by Gasteiger charge is -2.17. The van der Waals surface area contributed by atoms with Crippen molar-refractivity contribution in [2.75, 3.05) is 6.61 Å². The van der Waals surface area contributed by atoms with Crippen LogP contribution in [-0.2, 0) is 9.53 Å². The number of benzene rings is 1. The molecule has 0 aliphatic heterocycles. The number of nitrogens with one attached hydrogen (secondary N) is 1. The van der Waals surface area contributed by atoms with Gasteiger partial charge in [-0.3, -0.25) is 4.79 Å². The minimum absolute atomic E-state index is 0.00474. The standard InChI is InChI=1S/C14H16Cl3NO3/c1-7(2)8(3)18-11(19)6-21-14(20)12-9(15)4-5-10(16)13(12)17/h4-5,7-8H,6H2,1-3H3,(H,18,19)/t8-/m1/s1. The summed E-state index contributed by atoms with van der Waals surface area (Å²) in [7, 11) is 0. The minimum atomic E-state index is -0.792. The summed E-state index contributed by atoms with van der Waals surface area (Å²) >= 11 is 17.6. The van der Waals surface area contributed by atoms with E-state index < -0.39 is 12.6 Å². The number of carbonyl (C=O) groups is 2. The lowest BCUT2D eigenvalue weighted by molar-refractivity contribution is -0.125. The van der Waals surface area contributed by atoms with Gasteiger partial charge in [0, 0.05) is 6.04 Å². The van der Waals surface area contributed by atoms with Gasteiger partial charge in [0.25, 0.3) is 5.91 Å². The van der Waals surface area contributed by atoms with Gasteiger partial charge in [0.1, 0.15) is 0 Å². The zero-order valence-corrected chi connectivity index (χ0v) is 14.1. The Labute approximate surface area is 138 Å². The molecule has 0 heterocycles. The molecule has 0 aliphatic carbocycles. The third-order valence-corrected chi connectivity index (χ3v) is 4.09. The molecule has 1 aromatic carbocycles. The predicted octanol–water partition coefficient (Wildman–Crippen LogP) is 3.96. The van der Waals surface area contributed by atoms with E-state index in [1.54, 1.807) is 0 Å². The summed E-state index contributed by atoms with van der Waals surface area (Å²) in [5, 5.41) is 3.03. The highest BCUT2D eigenvalue weighted by Crippen LogP contribution is 2.31. The van der Waals surface area contributed by atoms with Crippen molar-refractivity contribution in [3.05, 3.63) is 32.8 Å². The molecule has 0 aliphatic rings. The maximum Gasteiger partial charge on any atom is 0.341 e. The van der Waals surface area contributed by atoms with E-state index in [1.807, 2.05) is 20.8 Å². The zero-order chi connectivity index (χ0) is 16.2. The molecule has 0 aromatic heterocycles. The van der Waals surface area contributed by atoms with Crippen molar-refractivity contribution in [2.24, 2.45) is 5.92 Å². The smallest absolute Gasteiger partial charge is 0.341 e. The second-order valence-corrected chi connectivity index (χ2v) is 6.09. The number of amides is 1. The van der Waals surface area contributed by atoms with Crippen molar-refractivity contribution in [1.29, 1.82) is 0 Å². The topological polar surface area (TPSA) is 55.4 Å². The van der Waals surface area contributed by atoms with E-state index in [9.17, 15) is 9.59 Å². The van der Waals surface area contributed by atoms with Crippen molar-refractivity contribution >= 4 is 46.7 Å². The average molecular weight is 353 g/mol. The Bertz CT molecular complexity index is 547. The molecule has 0 bridgehead atoms. The fourth-order valence-electron chi connectivity index (χ4n) is 1.38. The fraction of sp³-hybridized carbons (Fsp3) is 0.429. The minimum Gasteiger partial charge on any atom is -0.452 e. The molecule has 0 saturated heterocycles. The highest BCUT2D eigenvalue weighted by atomic mass is 35.5. The van der Waals surface area contributed by atoms with Crippen LogP contribution < -0.4 is 5.32 Å². The normalized spacial score (nSPS) is 12.1. The number of rotatable bonds is 5.